The van der Waals surface area contributed by atoms with Gasteiger partial charge in [-0.3, -0.25) is 4.79 Å². The Morgan fingerprint density at radius 2 is 1.92 bits per heavy atom. The smallest absolute Gasteiger partial charge is 0.273 e. The molecule has 1 saturated carbocycles. The Morgan fingerprint density at radius 1 is 1.20 bits per heavy atom. The molecule has 1 amide bonds. The van der Waals surface area contributed by atoms with Crippen molar-refractivity contribution in [1.29, 1.82) is 0 Å². The third kappa shape index (κ3) is 4.56. The molecule has 25 heavy (non-hydrogen) atoms. The van der Waals surface area contributed by atoms with Gasteiger partial charge in [-0.15, -0.1) is 0 Å². The summed E-state index contributed by atoms with van der Waals surface area (Å²) in [6.45, 7) is 4.63. The van der Waals surface area contributed by atoms with Crippen molar-refractivity contribution in [1.82, 2.24) is 14.9 Å². The Morgan fingerprint density at radius 3 is 2.60 bits per heavy atom. The predicted octanol–water partition coefficient (Wildman–Crippen LogP) is 3.88. The topological polar surface area (TPSA) is 58.1 Å². The summed E-state index contributed by atoms with van der Waals surface area (Å²) in [6, 6.07) is 12.4. The predicted molar refractivity (Wildman–Crippen MR) is 99.4 cm³/mol. The molecule has 2 aromatic rings. The molecule has 1 heterocycles. The standard InChI is InChI=1S/C20H26N4O/c1-15(2)24(13-16-8-4-3-5-9-16)20(25)18-12-19(22-14-21-18)23-17-10-6-7-11-17/h3-5,8-9,12,14-15,17H,6-7,10-11,13H2,1-2H3,(H,21,22,23). The second-order valence-corrected chi connectivity index (χ2v) is 6.93. The van der Waals surface area contributed by atoms with Crippen LogP contribution in [0.3, 0.4) is 0 Å². The van der Waals surface area contributed by atoms with E-state index in [4.69, 9.17) is 0 Å². The lowest BCUT2D eigenvalue weighted by molar-refractivity contribution is 0.0684. The molecule has 5 nitrogen and oxygen atoms in total. The molecule has 1 N–H and O–H groups in total. The molecular weight excluding hydrogens is 312 g/mol. The van der Waals surface area contributed by atoms with Crippen molar-refractivity contribution in [3.63, 3.8) is 0 Å². The van der Waals surface area contributed by atoms with Crippen LogP contribution in [0.2, 0.25) is 0 Å². The molecular formula is C20H26N4O. The second-order valence-electron chi connectivity index (χ2n) is 6.93. The van der Waals surface area contributed by atoms with Gasteiger partial charge in [0, 0.05) is 24.7 Å². The maximum atomic E-state index is 13.0. The van der Waals surface area contributed by atoms with Crippen LogP contribution in [0.25, 0.3) is 0 Å². The van der Waals surface area contributed by atoms with E-state index in [9.17, 15) is 4.79 Å². The average molecular weight is 338 g/mol. The number of hydrogen-bond donors (Lipinski definition) is 1. The highest BCUT2D eigenvalue weighted by atomic mass is 16.2. The summed E-state index contributed by atoms with van der Waals surface area (Å²) in [7, 11) is 0. The highest BCUT2D eigenvalue weighted by molar-refractivity contribution is 5.93. The van der Waals surface area contributed by atoms with Crippen LogP contribution in [0.1, 0.15) is 55.6 Å². The number of carbonyl (C=O) groups is 1. The maximum absolute atomic E-state index is 13.0. The van der Waals surface area contributed by atoms with E-state index < -0.39 is 0 Å². The number of nitrogens with one attached hydrogen (secondary N) is 1. The molecule has 0 aliphatic heterocycles. The summed E-state index contributed by atoms with van der Waals surface area (Å²) in [5, 5.41) is 3.43. The number of benzene rings is 1. The fraction of sp³-hybridized carbons (Fsp3) is 0.450. The molecule has 0 spiro atoms. The summed E-state index contributed by atoms with van der Waals surface area (Å²) >= 11 is 0. The van der Waals surface area contributed by atoms with Gasteiger partial charge in [0.1, 0.15) is 17.8 Å². The van der Waals surface area contributed by atoms with Crippen molar-refractivity contribution in [3.05, 3.63) is 54.0 Å². The summed E-state index contributed by atoms with van der Waals surface area (Å²) in [6.07, 6.45) is 6.32. The summed E-state index contributed by atoms with van der Waals surface area (Å²) in [5.74, 6) is 0.685. The van der Waals surface area contributed by atoms with E-state index in [1.54, 1.807) is 6.07 Å². The van der Waals surface area contributed by atoms with Crippen LogP contribution >= 0.6 is 0 Å². The first kappa shape index (κ1) is 17.4. The number of carbonyl (C=O) groups excluding carboxylic acids is 1. The first-order valence-corrected chi connectivity index (χ1v) is 9.07. The molecule has 5 heteroatoms. The average Bonchev–Trinajstić information content (AvgIpc) is 3.13. The zero-order chi connectivity index (χ0) is 17.6. The van der Waals surface area contributed by atoms with Gasteiger partial charge in [0.25, 0.3) is 5.91 Å². The minimum absolute atomic E-state index is 0.0595. The molecule has 0 atom stereocenters. The largest absolute Gasteiger partial charge is 0.367 e. The lowest BCUT2D eigenvalue weighted by Gasteiger charge is -2.26. The molecule has 132 valence electrons. The Hall–Kier alpha value is -2.43. The molecule has 1 aromatic heterocycles. The monoisotopic (exact) mass is 338 g/mol. The van der Waals surface area contributed by atoms with Crippen LogP contribution in [0.5, 0.6) is 0 Å². The normalized spacial score (nSPS) is 14.7. The van der Waals surface area contributed by atoms with E-state index in [1.807, 2.05) is 49.1 Å². The SMILES string of the molecule is CC(C)N(Cc1ccccc1)C(=O)c1cc(NC2CCCC2)ncn1. The molecule has 1 aliphatic carbocycles. The van der Waals surface area contributed by atoms with Crippen LogP contribution in [-0.4, -0.2) is 32.9 Å². The maximum Gasteiger partial charge on any atom is 0.273 e. The van der Waals surface area contributed by atoms with E-state index in [1.165, 1.54) is 32.0 Å². The van der Waals surface area contributed by atoms with Crippen LogP contribution in [0.15, 0.2) is 42.7 Å². The van der Waals surface area contributed by atoms with Crippen LogP contribution in [-0.2, 0) is 6.54 Å². The molecule has 0 saturated heterocycles. The highest BCUT2D eigenvalue weighted by Gasteiger charge is 2.22. The molecule has 1 aliphatic rings. The van der Waals surface area contributed by atoms with Gasteiger partial charge in [-0.05, 0) is 32.3 Å². The van der Waals surface area contributed by atoms with Gasteiger partial charge in [-0.1, -0.05) is 43.2 Å². The van der Waals surface area contributed by atoms with Gasteiger partial charge in [0.2, 0.25) is 0 Å². The zero-order valence-electron chi connectivity index (χ0n) is 15.0. The fourth-order valence-corrected chi connectivity index (χ4v) is 3.25. The molecule has 3 rings (SSSR count). The van der Waals surface area contributed by atoms with Gasteiger partial charge in [0.05, 0.1) is 0 Å². The lowest BCUT2D eigenvalue weighted by atomic mass is 10.1. The Kier molecular flexibility index (Phi) is 5.64. The van der Waals surface area contributed by atoms with E-state index >= 15 is 0 Å². The first-order chi connectivity index (χ1) is 12.1. The highest BCUT2D eigenvalue weighted by Crippen LogP contribution is 2.22. The number of hydrogen-bond acceptors (Lipinski definition) is 4. The summed E-state index contributed by atoms with van der Waals surface area (Å²) in [4.78, 5) is 23.3. The molecule has 1 fully saturated rings. The Balaban J connectivity index is 1.74. The van der Waals surface area contributed by atoms with Crippen molar-refractivity contribution >= 4 is 11.7 Å². The van der Waals surface area contributed by atoms with Gasteiger partial charge in [-0.25, -0.2) is 9.97 Å². The van der Waals surface area contributed by atoms with Crippen LogP contribution < -0.4 is 5.32 Å². The van der Waals surface area contributed by atoms with E-state index in [2.05, 4.69) is 15.3 Å². The number of amides is 1. The van der Waals surface area contributed by atoms with Crippen molar-refractivity contribution in [3.8, 4) is 0 Å². The summed E-state index contributed by atoms with van der Waals surface area (Å²) in [5.41, 5.74) is 1.56. The van der Waals surface area contributed by atoms with E-state index in [0.29, 0.717) is 18.3 Å². The first-order valence-electron chi connectivity index (χ1n) is 9.07. The molecule has 0 radical (unpaired) electrons. The van der Waals surface area contributed by atoms with Gasteiger partial charge in [0.15, 0.2) is 0 Å². The van der Waals surface area contributed by atoms with Crippen LogP contribution in [0.4, 0.5) is 5.82 Å². The number of anilines is 1. The van der Waals surface area contributed by atoms with Crippen LogP contribution in [0, 0.1) is 0 Å². The minimum atomic E-state index is -0.0595. The molecule has 1 aromatic carbocycles. The van der Waals surface area contributed by atoms with E-state index in [0.717, 1.165) is 11.4 Å². The van der Waals surface area contributed by atoms with Gasteiger partial charge < -0.3 is 10.2 Å². The molecule has 0 bridgehead atoms. The fourth-order valence-electron chi connectivity index (χ4n) is 3.25. The lowest BCUT2D eigenvalue weighted by Crippen LogP contribution is -2.37. The third-order valence-electron chi connectivity index (χ3n) is 4.67. The van der Waals surface area contributed by atoms with Crippen molar-refractivity contribution < 1.29 is 4.79 Å². The van der Waals surface area contributed by atoms with Crippen molar-refractivity contribution in [2.45, 2.75) is 58.2 Å². The number of rotatable bonds is 6. The minimum Gasteiger partial charge on any atom is -0.367 e. The Bertz CT molecular complexity index is 696. The second kappa shape index (κ2) is 8.10. The third-order valence-corrected chi connectivity index (χ3v) is 4.67. The van der Waals surface area contributed by atoms with E-state index in [-0.39, 0.29) is 11.9 Å². The number of aromatic nitrogens is 2. The van der Waals surface area contributed by atoms with Crippen molar-refractivity contribution in [2.75, 3.05) is 5.32 Å². The number of nitrogens with zero attached hydrogens (tertiary/aromatic N) is 3. The molecule has 0 unspecified atom stereocenters. The van der Waals surface area contributed by atoms with Gasteiger partial charge >= 0.3 is 0 Å². The van der Waals surface area contributed by atoms with Gasteiger partial charge in [-0.2, -0.15) is 0 Å². The summed E-state index contributed by atoms with van der Waals surface area (Å²) < 4.78 is 0. The van der Waals surface area contributed by atoms with Crippen molar-refractivity contribution in [2.24, 2.45) is 0 Å². The quantitative estimate of drug-likeness (QED) is 0.868. The Labute approximate surface area is 149 Å². The zero-order valence-corrected chi connectivity index (χ0v) is 15.0.